The molecule has 0 spiro atoms. The van der Waals surface area contributed by atoms with Crippen LogP contribution in [0.5, 0.6) is 0 Å². The topological polar surface area (TPSA) is 60.7 Å². The second-order valence-electron chi connectivity index (χ2n) is 4.72. The number of hydrogen-bond donors (Lipinski definition) is 0. The Balaban J connectivity index is 1.82. The fourth-order valence-corrected chi connectivity index (χ4v) is 2.20. The maximum Gasteiger partial charge on any atom is 0.341 e. The smallest absolute Gasteiger partial charge is 0.341 e. The normalized spacial score (nSPS) is 10.7. The lowest BCUT2D eigenvalue weighted by atomic mass is 10.2. The fraction of sp³-hybridized carbons (Fsp3) is 0.0625. The Morgan fingerprint density at radius 3 is 2.83 bits per heavy atom. The standard InChI is InChI=1S/C16H10ClFN2O3/c17-10-5-6-14-19-11(7-15(21)20(14)8-10)9-23-16(22)12-3-1-2-4-13(12)18/h1-8H,9H2. The molecule has 2 heterocycles. The highest BCUT2D eigenvalue weighted by Gasteiger charge is 2.13. The van der Waals surface area contributed by atoms with Crippen LogP contribution in [0.1, 0.15) is 16.1 Å². The molecule has 1 aromatic carbocycles. The zero-order valence-corrected chi connectivity index (χ0v) is 12.5. The molecular weight excluding hydrogens is 323 g/mol. The molecule has 2 aromatic heterocycles. The van der Waals surface area contributed by atoms with E-state index in [2.05, 4.69) is 4.98 Å². The monoisotopic (exact) mass is 332 g/mol. The molecule has 0 amide bonds. The molecule has 3 aromatic rings. The SMILES string of the molecule is O=C(OCc1cc(=O)n2cc(Cl)ccc2n1)c1ccccc1F. The first-order chi connectivity index (χ1) is 11.0. The molecule has 7 heteroatoms. The van der Waals surface area contributed by atoms with E-state index in [4.69, 9.17) is 16.3 Å². The minimum absolute atomic E-state index is 0.170. The van der Waals surface area contributed by atoms with Crippen LogP contribution in [0.25, 0.3) is 5.65 Å². The molecule has 0 bridgehead atoms. The Morgan fingerprint density at radius 1 is 1.26 bits per heavy atom. The molecule has 0 radical (unpaired) electrons. The number of carbonyl (C=O) groups excluding carboxylic acids is 1. The van der Waals surface area contributed by atoms with Gasteiger partial charge in [-0.15, -0.1) is 0 Å². The molecule has 23 heavy (non-hydrogen) atoms. The van der Waals surface area contributed by atoms with Gasteiger partial charge in [0.15, 0.2) is 0 Å². The van der Waals surface area contributed by atoms with Crippen LogP contribution >= 0.6 is 11.6 Å². The second-order valence-corrected chi connectivity index (χ2v) is 5.15. The number of rotatable bonds is 3. The van der Waals surface area contributed by atoms with Crippen molar-refractivity contribution >= 4 is 23.2 Å². The lowest BCUT2D eigenvalue weighted by Gasteiger charge is -2.06. The van der Waals surface area contributed by atoms with Crippen LogP contribution in [0.4, 0.5) is 4.39 Å². The average Bonchev–Trinajstić information content (AvgIpc) is 2.54. The molecule has 116 valence electrons. The van der Waals surface area contributed by atoms with Crippen LogP contribution in [0.15, 0.2) is 53.5 Å². The van der Waals surface area contributed by atoms with Gasteiger partial charge in [-0.1, -0.05) is 23.7 Å². The van der Waals surface area contributed by atoms with Crippen molar-refractivity contribution < 1.29 is 13.9 Å². The van der Waals surface area contributed by atoms with E-state index in [-0.39, 0.29) is 23.4 Å². The predicted octanol–water partition coefficient (Wildman–Crippen LogP) is 2.84. The lowest BCUT2D eigenvalue weighted by molar-refractivity contribution is 0.0462. The van der Waals surface area contributed by atoms with Gasteiger partial charge in [-0.25, -0.2) is 14.2 Å². The minimum Gasteiger partial charge on any atom is -0.455 e. The van der Waals surface area contributed by atoms with E-state index in [1.807, 2.05) is 0 Å². The summed E-state index contributed by atoms with van der Waals surface area (Å²) in [6.45, 7) is -0.235. The summed E-state index contributed by atoms with van der Waals surface area (Å²) in [5.41, 5.74) is 0.118. The Bertz CT molecular complexity index is 955. The highest BCUT2D eigenvalue weighted by Crippen LogP contribution is 2.11. The largest absolute Gasteiger partial charge is 0.455 e. The van der Waals surface area contributed by atoms with Crippen LogP contribution in [-0.2, 0) is 11.3 Å². The maximum absolute atomic E-state index is 13.5. The summed E-state index contributed by atoms with van der Waals surface area (Å²) in [5.74, 6) is -1.49. The summed E-state index contributed by atoms with van der Waals surface area (Å²) >= 11 is 5.82. The van der Waals surface area contributed by atoms with Crippen LogP contribution in [-0.4, -0.2) is 15.4 Å². The van der Waals surface area contributed by atoms with E-state index in [0.29, 0.717) is 10.7 Å². The van der Waals surface area contributed by atoms with Crippen molar-refractivity contribution in [3.05, 3.63) is 81.1 Å². The van der Waals surface area contributed by atoms with Crippen molar-refractivity contribution in [1.82, 2.24) is 9.38 Å². The third-order valence-corrected chi connectivity index (χ3v) is 3.35. The number of benzene rings is 1. The first-order valence-electron chi connectivity index (χ1n) is 6.64. The van der Waals surface area contributed by atoms with E-state index in [0.717, 1.165) is 0 Å². The van der Waals surface area contributed by atoms with Crippen LogP contribution < -0.4 is 5.56 Å². The van der Waals surface area contributed by atoms with Gasteiger partial charge in [-0.3, -0.25) is 9.20 Å². The van der Waals surface area contributed by atoms with Crippen molar-refractivity contribution in [1.29, 1.82) is 0 Å². The molecule has 3 rings (SSSR count). The zero-order chi connectivity index (χ0) is 16.4. The summed E-state index contributed by atoms with van der Waals surface area (Å²) in [5, 5.41) is 0.403. The highest BCUT2D eigenvalue weighted by atomic mass is 35.5. The van der Waals surface area contributed by atoms with Crippen molar-refractivity contribution in [2.75, 3.05) is 0 Å². The third kappa shape index (κ3) is 3.22. The van der Waals surface area contributed by atoms with Crippen LogP contribution in [0, 0.1) is 5.82 Å². The van der Waals surface area contributed by atoms with Gasteiger partial charge in [0, 0.05) is 12.3 Å². The van der Waals surface area contributed by atoms with Crippen molar-refractivity contribution in [3.63, 3.8) is 0 Å². The Hall–Kier alpha value is -2.73. The van der Waals surface area contributed by atoms with E-state index in [1.165, 1.54) is 40.9 Å². The minimum atomic E-state index is -0.818. The summed E-state index contributed by atoms with van der Waals surface area (Å²) in [6.07, 6.45) is 1.45. The van der Waals surface area contributed by atoms with Gasteiger partial charge in [0.25, 0.3) is 5.56 Å². The molecule has 0 saturated heterocycles. The number of fused-ring (bicyclic) bond motifs is 1. The number of ether oxygens (including phenoxy) is 1. The van der Waals surface area contributed by atoms with Crippen molar-refractivity contribution in [2.24, 2.45) is 0 Å². The number of nitrogens with zero attached hydrogens (tertiary/aromatic N) is 2. The van der Waals surface area contributed by atoms with Gasteiger partial charge in [-0.05, 0) is 24.3 Å². The quantitative estimate of drug-likeness (QED) is 0.692. The predicted molar refractivity (Wildman–Crippen MR) is 82.0 cm³/mol. The van der Waals surface area contributed by atoms with Gasteiger partial charge in [0.2, 0.25) is 0 Å². The first kappa shape index (κ1) is 15.2. The molecule has 0 fully saturated rings. The van der Waals surface area contributed by atoms with E-state index < -0.39 is 11.8 Å². The van der Waals surface area contributed by atoms with Gasteiger partial charge < -0.3 is 4.74 Å². The number of esters is 1. The molecule has 0 saturated carbocycles. The average molecular weight is 333 g/mol. The lowest BCUT2D eigenvalue weighted by Crippen LogP contribution is -2.16. The molecule has 5 nitrogen and oxygen atoms in total. The van der Waals surface area contributed by atoms with Gasteiger partial charge >= 0.3 is 5.97 Å². The van der Waals surface area contributed by atoms with E-state index in [1.54, 1.807) is 12.1 Å². The van der Waals surface area contributed by atoms with E-state index >= 15 is 0 Å². The molecule has 0 unspecified atom stereocenters. The summed E-state index contributed by atoms with van der Waals surface area (Å²) in [4.78, 5) is 28.0. The number of hydrogen-bond acceptors (Lipinski definition) is 4. The van der Waals surface area contributed by atoms with Gasteiger partial charge in [-0.2, -0.15) is 0 Å². The second kappa shape index (κ2) is 6.18. The highest BCUT2D eigenvalue weighted by molar-refractivity contribution is 6.30. The number of halogens is 2. The Labute approximate surface area is 134 Å². The molecule has 0 aliphatic carbocycles. The fourth-order valence-electron chi connectivity index (χ4n) is 2.04. The number of carbonyl (C=O) groups is 1. The molecule has 0 N–H and O–H groups in total. The summed E-state index contributed by atoms with van der Waals surface area (Å²) in [6, 6.07) is 9.90. The van der Waals surface area contributed by atoms with Crippen LogP contribution in [0.3, 0.4) is 0 Å². The summed E-state index contributed by atoms with van der Waals surface area (Å²) in [7, 11) is 0. The van der Waals surface area contributed by atoms with E-state index in [9.17, 15) is 14.0 Å². The Morgan fingerprint density at radius 2 is 2.04 bits per heavy atom. The number of pyridine rings is 1. The number of aromatic nitrogens is 2. The van der Waals surface area contributed by atoms with Crippen molar-refractivity contribution in [2.45, 2.75) is 6.61 Å². The van der Waals surface area contributed by atoms with Gasteiger partial charge in [0.1, 0.15) is 18.1 Å². The maximum atomic E-state index is 13.5. The summed E-state index contributed by atoms with van der Waals surface area (Å²) < 4.78 is 19.8. The molecule has 0 aliphatic rings. The zero-order valence-electron chi connectivity index (χ0n) is 11.7. The van der Waals surface area contributed by atoms with Crippen LogP contribution in [0.2, 0.25) is 5.02 Å². The van der Waals surface area contributed by atoms with Crippen molar-refractivity contribution in [3.8, 4) is 0 Å². The molecular formula is C16H10ClFN2O3. The Kier molecular flexibility index (Phi) is 4.08. The third-order valence-electron chi connectivity index (χ3n) is 3.12. The first-order valence-corrected chi connectivity index (χ1v) is 7.02. The molecule has 0 atom stereocenters. The van der Waals surface area contributed by atoms with Gasteiger partial charge in [0.05, 0.1) is 16.3 Å². The molecule has 0 aliphatic heterocycles.